The van der Waals surface area contributed by atoms with Gasteiger partial charge in [-0.05, 0) is 60.2 Å². The van der Waals surface area contributed by atoms with Crippen LogP contribution in [0.25, 0.3) is 5.76 Å². The molecule has 33 heavy (non-hydrogen) atoms. The van der Waals surface area contributed by atoms with Crippen molar-refractivity contribution in [1.82, 2.24) is 4.98 Å². The number of amides is 1. The maximum atomic E-state index is 13.2. The molecule has 1 saturated heterocycles. The Morgan fingerprint density at radius 1 is 1.03 bits per heavy atom. The second-order valence-corrected chi connectivity index (χ2v) is 7.17. The van der Waals surface area contributed by atoms with Crippen LogP contribution in [0.2, 0.25) is 0 Å². The van der Waals surface area contributed by atoms with Crippen LogP contribution in [-0.4, -0.2) is 36.0 Å². The van der Waals surface area contributed by atoms with E-state index in [2.05, 4.69) is 4.98 Å². The van der Waals surface area contributed by atoms with E-state index in [1.165, 1.54) is 25.2 Å². The lowest BCUT2D eigenvalue weighted by Gasteiger charge is -2.25. The van der Waals surface area contributed by atoms with E-state index in [1.807, 2.05) is 6.07 Å². The van der Waals surface area contributed by atoms with Gasteiger partial charge in [-0.1, -0.05) is 0 Å². The van der Waals surface area contributed by atoms with Crippen molar-refractivity contribution in [3.63, 3.8) is 0 Å². The molecule has 0 aliphatic carbocycles. The molecule has 1 amide bonds. The van der Waals surface area contributed by atoms with Crippen LogP contribution in [0.3, 0.4) is 0 Å². The lowest BCUT2D eigenvalue weighted by Crippen LogP contribution is -2.29. The number of hydrogen-bond acceptors (Lipinski definition) is 7. The normalized spacial score (nSPS) is 17.0. The molecule has 1 unspecified atom stereocenters. The summed E-state index contributed by atoms with van der Waals surface area (Å²) in [4.78, 5) is 31.7. The van der Waals surface area contributed by atoms with E-state index in [0.717, 1.165) is 0 Å². The van der Waals surface area contributed by atoms with E-state index in [-0.39, 0.29) is 16.9 Å². The summed E-state index contributed by atoms with van der Waals surface area (Å²) in [6.45, 7) is 0. The molecular formula is C25H19N3O5. The average Bonchev–Trinajstić information content (AvgIpc) is 3.14. The molecule has 0 bridgehead atoms. The van der Waals surface area contributed by atoms with Crippen LogP contribution in [0.15, 0.2) is 72.6 Å². The van der Waals surface area contributed by atoms with E-state index in [0.29, 0.717) is 28.3 Å². The molecule has 1 aliphatic rings. The van der Waals surface area contributed by atoms with E-state index in [4.69, 9.17) is 14.7 Å². The predicted octanol–water partition coefficient (Wildman–Crippen LogP) is 3.60. The molecule has 1 atom stereocenters. The predicted molar refractivity (Wildman–Crippen MR) is 120 cm³/mol. The Morgan fingerprint density at radius 3 is 2.33 bits per heavy atom. The van der Waals surface area contributed by atoms with Gasteiger partial charge in [0, 0.05) is 18.1 Å². The fourth-order valence-electron chi connectivity index (χ4n) is 3.80. The molecule has 2 aromatic carbocycles. The maximum absolute atomic E-state index is 13.2. The number of hydrogen-bond donors (Lipinski definition) is 1. The zero-order valence-electron chi connectivity index (χ0n) is 17.9. The van der Waals surface area contributed by atoms with Crippen molar-refractivity contribution in [2.45, 2.75) is 6.04 Å². The number of aromatic nitrogens is 1. The molecule has 0 spiro atoms. The van der Waals surface area contributed by atoms with Gasteiger partial charge in [0.15, 0.2) is 0 Å². The van der Waals surface area contributed by atoms with Gasteiger partial charge in [0.2, 0.25) is 0 Å². The number of pyridine rings is 1. The van der Waals surface area contributed by atoms with Gasteiger partial charge < -0.3 is 14.6 Å². The number of methoxy groups -OCH3 is 2. The van der Waals surface area contributed by atoms with Crippen molar-refractivity contribution in [1.29, 1.82) is 5.26 Å². The lowest BCUT2D eigenvalue weighted by molar-refractivity contribution is -0.132. The van der Waals surface area contributed by atoms with Crippen LogP contribution in [0, 0.1) is 11.3 Å². The second-order valence-electron chi connectivity index (χ2n) is 7.17. The Labute approximate surface area is 189 Å². The van der Waals surface area contributed by atoms with Crippen LogP contribution in [-0.2, 0) is 9.59 Å². The molecule has 164 valence electrons. The van der Waals surface area contributed by atoms with Crippen molar-refractivity contribution < 1.29 is 24.2 Å². The van der Waals surface area contributed by atoms with E-state index in [1.54, 1.807) is 60.9 Å². The second kappa shape index (κ2) is 8.85. The van der Waals surface area contributed by atoms with Gasteiger partial charge in [0.25, 0.3) is 11.7 Å². The quantitative estimate of drug-likeness (QED) is 0.366. The number of carbonyl (C=O) groups excluding carboxylic acids is 2. The van der Waals surface area contributed by atoms with Crippen molar-refractivity contribution in [3.8, 4) is 17.6 Å². The number of anilines is 1. The minimum atomic E-state index is -0.920. The monoisotopic (exact) mass is 441 g/mol. The summed E-state index contributed by atoms with van der Waals surface area (Å²) >= 11 is 0. The molecule has 2 heterocycles. The van der Waals surface area contributed by atoms with Gasteiger partial charge in [-0.15, -0.1) is 0 Å². The summed E-state index contributed by atoms with van der Waals surface area (Å²) in [7, 11) is 2.92. The zero-order chi connectivity index (χ0) is 23.5. The van der Waals surface area contributed by atoms with E-state index >= 15 is 0 Å². The van der Waals surface area contributed by atoms with Gasteiger partial charge in [0.1, 0.15) is 17.3 Å². The molecule has 1 N–H and O–H groups in total. The largest absolute Gasteiger partial charge is 0.507 e. The molecule has 8 heteroatoms. The number of benzene rings is 2. The van der Waals surface area contributed by atoms with Crippen molar-refractivity contribution >= 4 is 23.1 Å². The van der Waals surface area contributed by atoms with Gasteiger partial charge >= 0.3 is 0 Å². The zero-order valence-corrected chi connectivity index (χ0v) is 17.9. The number of aliphatic hydroxyl groups excluding tert-OH is 1. The molecule has 4 rings (SSSR count). The highest BCUT2D eigenvalue weighted by Crippen LogP contribution is 2.43. The first-order chi connectivity index (χ1) is 16.0. The van der Waals surface area contributed by atoms with Gasteiger partial charge in [-0.25, -0.2) is 0 Å². The fourth-order valence-corrected chi connectivity index (χ4v) is 3.80. The lowest BCUT2D eigenvalue weighted by atomic mass is 9.95. The Balaban J connectivity index is 1.96. The van der Waals surface area contributed by atoms with Gasteiger partial charge in [-0.3, -0.25) is 19.5 Å². The van der Waals surface area contributed by atoms with Crippen LogP contribution < -0.4 is 14.4 Å². The number of rotatable bonds is 5. The number of carbonyl (C=O) groups is 2. The molecular weight excluding hydrogens is 422 g/mol. The van der Waals surface area contributed by atoms with E-state index < -0.39 is 17.7 Å². The Bertz CT molecular complexity index is 1290. The third-order valence-corrected chi connectivity index (χ3v) is 5.40. The highest BCUT2D eigenvalue weighted by Gasteiger charge is 2.47. The standard InChI is InChI=1S/C25H19N3O5/c1-32-18-7-8-20(33-2)19(13-18)23(29)21-22(16-9-11-27-12-10-16)28(25(31)24(21)30)17-5-3-15(14-26)4-6-17/h3-13,22,29H,1-2H3/b23-21+. The molecule has 1 aliphatic heterocycles. The first-order valence-corrected chi connectivity index (χ1v) is 9.93. The number of ether oxygens (including phenoxy) is 2. The number of nitrogens with zero attached hydrogens (tertiary/aromatic N) is 3. The van der Waals surface area contributed by atoms with Crippen LogP contribution in [0.4, 0.5) is 5.69 Å². The average molecular weight is 441 g/mol. The molecule has 3 aromatic rings. The summed E-state index contributed by atoms with van der Waals surface area (Å²) in [6.07, 6.45) is 3.08. The third-order valence-electron chi connectivity index (χ3n) is 5.40. The molecule has 0 saturated carbocycles. The summed E-state index contributed by atoms with van der Waals surface area (Å²) in [6, 6.07) is 15.5. The van der Waals surface area contributed by atoms with E-state index in [9.17, 15) is 14.7 Å². The smallest absolute Gasteiger partial charge is 0.300 e. The summed E-state index contributed by atoms with van der Waals surface area (Å²) < 4.78 is 10.6. The summed E-state index contributed by atoms with van der Waals surface area (Å²) in [5.74, 6) is -1.28. The van der Waals surface area contributed by atoms with Crippen LogP contribution in [0.5, 0.6) is 11.5 Å². The van der Waals surface area contributed by atoms with Gasteiger partial charge in [0.05, 0.1) is 43.0 Å². The highest BCUT2D eigenvalue weighted by atomic mass is 16.5. The first-order valence-electron chi connectivity index (χ1n) is 9.93. The van der Waals surface area contributed by atoms with Crippen molar-refractivity contribution in [2.75, 3.05) is 19.1 Å². The number of nitriles is 1. The minimum Gasteiger partial charge on any atom is -0.507 e. The van der Waals surface area contributed by atoms with Gasteiger partial charge in [-0.2, -0.15) is 5.26 Å². The Kier molecular flexibility index (Phi) is 5.79. The molecule has 0 radical (unpaired) electrons. The Morgan fingerprint density at radius 2 is 1.73 bits per heavy atom. The van der Waals surface area contributed by atoms with Crippen LogP contribution in [0.1, 0.15) is 22.7 Å². The Hall–Kier alpha value is -4.64. The minimum absolute atomic E-state index is 0.0953. The number of ketones is 1. The molecule has 8 nitrogen and oxygen atoms in total. The molecule has 1 aromatic heterocycles. The first kappa shape index (κ1) is 21.6. The molecule has 1 fully saturated rings. The number of Topliss-reactive ketones (excluding diaryl/α,β-unsaturated/α-hetero) is 1. The SMILES string of the molecule is COc1ccc(OC)c(/C(O)=C2\C(=O)C(=O)N(c3ccc(C#N)cc3)C2c2ccncc2)c1. The summed E-state index contributed by atoms with van der Waals surface area (Å²) in [5.41, 5.74) is 1.53. The van der Waals surface area contributed by atoms with Crippen molar-refractivity contribution in [2.24, 2.45) is 0 Å². The highest BCUT2D eigenvalue weighted by molar-refractivity contribution is 6.51. The van der Waals surface area contributed by atoms with Crippen LogP contribution >= 0.6 is 0 Å². The van der Waals surface area contributed by atoms with Crippen molar-refractivity contribution in [3.05, 3.63) is 89.3 Å². The fraction of sp³-hybridized carbons (Fsp3) is 0.120. The summed E-state index contributed by atoms with van der Waals surface area (Å²) in [5, 5.41) is 20.4. The topological polar surface area (TPSA) is 113 Å². The number of aliphatic hydroxyl groups is 1. The maximum Gasteiger partial charge on any atom is 0.300 e. The third kappa shape index (κ3) is 3.77.